The maximum atomic E-state index is 12.9. The molecule has 0 saturated heterocycles. The quantitative estimate of drug-likeness (QED) is 0.648. The van der Waals surface area contributed by atoms with Crippen LogP contribution in [0.25, 0.3) is 0 Å². The van der Waals surface area contributed by atoms with E-state index in [1.165, 1.54) is 19.2 Å². The zero-order chi connectivity index (χ0) is 20.7. The molecule has 0 aromatic heterocycles. The van der Waals surface area contributed by atoms with Crippen molar-refractivity contribution < 1.29 is 22.3 Å². The van der Waals surface area contributed by atoms with Gasteiger partial charge in [0.1, 0.15) is 17.6 Å². The molecule has 0 heterocycles. The Labute approximate surface area is 165 Å². The van der Waals surface area contributed by atoms with Crippen LogP contribution in [-0.2, 0) is 21.2 Å². The average Bonchev–Trinajstić information content (AvgIpc) is 2.66. The molecule has 0 aliphatic heterocycles. The smallest absolute Gasteiger partial charge is 0.243 e. The third-order valence-corrected chi connectivity index (χ3v) is 5.51. The van der Waals surface area contributed by atoms with E-state index in [9.17, 15) is 17.6 Å². The maximum Gasteiger partial charge on any atom is 0.243 e. The number of hydrogen-bond donors (Lipinski definition) is 1. The fourth-order valence-electron chi connectivity index (χ4n) is 2.84. The Balaban J connectivity index is 1.97. The predicted octanol–water partition coefficient (Wildman–Crippen LogP) is 2.74. The highest BCUT2D eigenvalue weighted by Gasteiger charge is 2.28. The number of hydrogen-bond acceptors (Lipinski definition) is 4. The van der Waals surface area contributed by atoms with E-state index in [1.54, 1.807) is 43.3 Å². The Morgan fingerprint density at radius 2 is 1.75 bits per heavy atom. The lowest BCUT2D eigenvalue weighted by Crippen LogP contribution is -2.48. The Bertz CT molecular complexity index is 883. The van der Waals surface area contributed by atoms with Gasteiger partial charge in [-0.3, -0.25) is 9.10 Å². The molecule has 152 valence electrons. The standard InChI is InChI=1S/C20H25FN2O4S/c1-15(20(24)22-14-4-5-16-6-8-17(21)9-7-16)23(28(3,25)26)18-10-12-19(27-2)13-11-18/h6-13,15H,4-5,14H2,1-3H3,(H,22,24)/t15-/m0/s1. The van der Waals surface area contributed by atoms with Gasteiger partial charge < -0.3 is 10.1 Å². The number of rotatable bonds is 9. The van der Waals surface area contributed by atoms with Gasteiger partial charge in [0.25, 0.3) is 0 Å². The molecule has 8 heteroatoms. The fraction of sp³-hybridized carbons (Fsp3) is 0.350. The van der Waals surface area contributed by atoms with Crippen LogP contribution < -0.4 is 14.4 Å². The van der Waals surface area contributed by atoms with Crippen molar-refractivity contribution in [3.8, 4) is 5.75 Å². The summed E-state index contributed by atoms with van der Waals surface area (Å²) in [6.07, 6.45) is 2.41. The van der Waals surface area contributed by atoms with Crippen LogP contribution in [0.3, 0.4) is 0 Å². The van der Waals surface area contributed by atoms with Gasteiger partial charge in [-0.05, 0) is 61.7 Å². The summed E-state index contributed by atoms with van der Waals surface area (Å²) in [6, 6.07) is 11.8. The van der Waals surface area contributed by atoms with Crippen molar-refractivity contribution >= 4 is 21.6 Å². The molecule has 1 amide bonds. The average molecular weight is 408 g/mol. The third-order valence-electron chi connectivity index (χ3n) is 4.27. The highest BCUT2D eigenvalue weighted by molar-refractivity contribution is 7.92. The fourth-order valence-corrected chi connectivity index (χ4v) is 4.02. The minimum Gasteiger partial charge on any atom is -0.497 e. The molecular weight excluding hydrogens is 383 g/mol. The first-order valence-corrected chi connectivity index (χ1v) is 10.7. The van der Waals surface area contributed by atoms with Crippen LogP contribution in [0.1, 0.15) is 18.9 Å². The van der Waals surface area contributed by atoms with E-state index in [1.807, 2.05) is 0 Å². The molecule has 0 fully saturated rings. The summed E-state index contributed by atoms with van der Waals surface area (Å²) in [5.41, 5.74) is 1.36. The summed E-state index contributed by atoms with van der Waals surface area (Å²) >= 11 is 0. The molecule has 2 aromatic carbocycles. The van der Waals surface area contributed by atoms with Gasteiger partial charge in [0.2, 0.25) is 15.9 Å². The van der Waals surface area contributed by atoms with Gasteiger partial charge in [0.15, 0.2) is 0 Å². The van der Waals surface area contributed by atoms with Crippen molar-refractivity contribution in [2.75, 3.05) is 24.2 Å². The normalized spacial score (nSPS) is 12.3. The third kappa shape index (κ3) is 5.95. The number of halogens is 1. The number of carbonyl (C=O) groups excluding carboxylic acids is 1. The van der Waals surface area contributed by atoms with Gasteiger partial charge in [-0.1, -0.05) is 12.1 Å². The van der Waals surface area contributed by atoms with Gasteiger partial charge in [0, 0.05) is 6.54 Å². The van der Waals surface area contributed by atoms with Crippen molar-refractivity contribution in [1.29, 1.82) is 0 Å². The first-order valence-electron chi connectivity index (χ1n) is 8.88. The van der Waals surface area contributed by atoms with E-state index in [0.29, 0.717) is 30.8 Å². The van der Waals surface area contributed by atoms with Crippen LogP contribution in [-0.4, -0.2) is 40.3 Å². The minimum atomic E-state index is -3.66. The van der Waals surface area contributed by atoms with Gasteiger partial charge in [0.05, 0.1) is 19.1 Å². The second-order valence-electron chi connectivity index (χ2n) is 6.45. The molecule has 0 bridgehead atoms. The predicted molar refractivity (Wildman–Crippen MR) is 108 cm³/mol. The second kappa shape index (κ2) is 9.54. The molecule has 0 spiro atoms. The summed E-state index contributed by atoms with van der Waals surface area (Å²) in [4.78, 5) is 12.5. The van der Waals surface area contributed by atoms with Crippen LogP contribution in [0.4, 0.5) is 10.1 Å². The zero-order valence-corrected chi connectivity index (χ0v) is 17.0. The van der Waals surface area contributed by atoms with Gasteiger partial charge >= 0.3 is 0 Å². The molecule has 28 heavy (non-hydrogen) atoms. The zero-order valence-electron chi connectivity index (χ0n) is 16.2. The second-order valence-corrected chi connectivity index (χ2v) is 8.31. The molecule has 2 aromatic rings. The van der Waals surface area contributed by atoms with E-state index in [2.05, 4.69) is 5.32 Å². The highest BCUT2D eigenvalue weighted by atomic mass is 32.2. The molecule has 2 rings (SSSR count). The summed E-state index contributed by atoms with van der Waals surface area (Å²) in [5.74, 6) is -0.0827. The number of anilines is 1. The number of sulfonamides is 1. The molecule has 1 N–H and O–H groups in total. The molecule has 6 nitrogen and oxygen atoms in total. The SMILES string of the molecule is COc1ccc(N([C@@H](C)C(=O)NCCCc2ccc(F)cc2)S(C)(=O)=O)cc1. The number of amides is 1. The Morgan fingerprint density at radius 3 is 2.29 bits per heavy atom. The lowest BCUT2D eigenvalue weighted by molar-refractivity contribution is -0.121. The van der Waals surface area contributed by atoms with Gasteiger partial charge in [-0.25, -0.2) is 12.8 Å². The molecule has 0 unspecified atom stereocenters. The highest BCUT2D eigenvalue weighted by Crippen LogP contribution is 2.23. The molecule has 1 atom stereocenters. The van der Waals surface area contributed by atoms with Crippen molar-refractivity contribution in [3.05, 3.63) is 59.9 Å². The van der Waals surface area contributed by atoms with Crippen LogP contribution in [0.2, 0.25) is 0 Å². The summed E-state index contributed by atoms with van der Waals surface area (Å²) in [6.45, 7) is 1.93. The van der Waals surface area contributed by atoms with Crippen LogP contribution in [0.5, 0.6) is 5.75 Å². The number of benzene rings is 2. The van der Waals surface area contributed by atoms with E-state index in [-0.39, 0.29) is 11.7 Å². The number of ether oxygens (including phenoxy) is 1. The Hall–Kier alpha value is -2.61. The van der Waals surface area contributed by atoms with Crippen molar-refractivity contribution in [3.63, 3.8) is 0 Å². The summed E-state index contributed by atoms with van der Waals surface area (Å²) in [5, 5.41) is 2.77. The Morgan fingerprint density at radius 1 is 1.14 bits per heavy atom. The van der Waals surface area contributed by atoms with E-state index in [0.717, 1.165) is 16.1 Å². The molecule has 0 aliphatic rings. The summed E-state index contributed by atoms with van der Waals surface area (Å²) < 4.78 is 43.6. The first-order chi connectivity index (χ1) is 13.2. The molecule has 0 aliphatic carbocycles. The van der Waals surface area contributed by atoms with E-state index >= 15 is 0 Å². The maximum absolute atomic E-state index is 12.9. The lowest BCUT2D eigenvalue weighted by atomic mass is 10.1. The number of nitrogens with zero attached hydrogens (tertiary/aromatic N) is 1. The minimum absolute atomic E-state index is 0.287. The van der Waals surface area contributed by atoms with Gasteiger partial charge in [-0.2, -0.15) is 0 Å². The van der Waals surface area contributed by atoms with Crippen molar-refractivity contribution in [2.24, 2.45) is 0 Å². The molecule has 0 radical (unpaired) electrons. The van der Waals surface area contributed by atoms with Crippen LogP contribution in [0.15, 0.2) is 48.5 Å². The van der Waals surface area contributed by atoms with E-state index in [4.69, 9.17) is 4.74 Å². The lowest BCUT2D eigenvalue weighted by Gasteiger charge is -2.28. The monoisotopic (exact) mass is 408 g/mol. The topological polar surface area (TPSA) is 75.7 Å². The van der Waals surface area contributed by atoms with Crippen LogP contribution in [0, 0.1) is 5.82 Å². The van der Waals surface area contributed by atoms with Gasteiger partial charge in [-0.15, -0.1) is 0 Å². The van der Waals surface area contributed by atoms with Crippen molar-refractivity contribution in [2.45, 2.75) is 25.8 Å². The molecular formula is C20H25FN2O4S. The number of aryl methyl sites for hydroxylation is 1. The summed E-state index contributed by atoms with van der Waals surface area (Å²) in [7, 11) is -2.14. The number of nitrogens with one attached hydrogen (secondary N) is 1. The molecule has 0 saturated carbocycles. The van der Waals surface area contributed by atoms with E-state index < -0.39 is 16.1 Å². The number of methoxy groups -OCH3 is 1. The Kier molecular flexibility index (Phi) is 7.39. The largest absolute Gasteiger partial charge is 0.497 e. The van der Waals surface area contributed by atoms with Crippen LogP contribution >= 0.6 is 0 Å². The van der Waals surface area contributed by atoms with Crippen molar-refractivity contribution in [1.82, 2.24) is 5.32 Å². The first kappa shape index (κ1) is 21.7. The number of carbonyl (C=O) groups is 1.